The van der Waals surface area contributed by atoms with E-state index in [-0.39, 0.29) is 11.3 Å². The molecule has 66 valence electrons. The van der Waals surface area contributed by atoms with Gasteiger partial charge >= 0.3 is 0 Å². The average Bonchev–Trinajstić information content (AvgIpc) is 2.03. The lowest BCUT2D eigenvalue weighted by atomic mass is 9.92. The highest BCUT2D eigenvalue weighted by molar-refractivity contribution is 5.20. The molecule has 1 rings (SSSR count). The minimum absolute atomic E-state index is 0.0161. The van der Waals surface area contributed by atoms with Gasteiger partial charge < -0.3 is 0 Å². The second kappa shape index (κ2) is 3.09. The quantitative estimate of drug-likeness (QED) is 0.644. The van der Waals surface area contributed by atoms with Crippen LogP contribution in [0.3, 0.4) is 0 Å². The van der Waals surface area contributed by atoms with Crippen molar-refractivity contribution in [1.82, 2.24) is 4.98 Å². The standard InChI is InChI=1S/C9H12FNO/c1-9(2,3)7-5-4-6-8(11-7)12-10/h4-6H,1-3H3. The number of rotatable bonds is 1. The van der Waals surface area contributed by atoms with Crippen LogP contribution < -0.4 is 4.94 Å². The van der Waals surface area contributed by atoms with E-state index in [1.807, 2.05) is 26.8 Å². The topological polar surface area (TPSA) is 22.1 Å². The maximum Gasteiger partial charge on any atom is 0.263 e. The molecule has 0 radical (unpaired) electrons. The van der Waals surface area contributed by atoms with Crippen molar-refractivity contribution in [3.05, 3.63) is 23.9 Å². The molecule has 1 aromatic rings. The minimum atomic E-state index is -0.0749. The summed E-state index contributed by atoms with van der Waals surface area (Å²) < 4.78 is 11.7. The highest BCUT2D eigenvalue weighted by Gasteiger charge is 2.15. The smallest absolute Gasteiger partial charge is 0.263 e. The van der Waals surface area contributed by atoms with Gasteiger partial charge in [0, 0.05) is 21.7 Å². The Morgan fingerprint density at radius 2 is 2.00 bits per heavy atom. The Bertz CT molecular complexity index is 267. The van der Waals surface area contributed by atoms with Gasteiger partial charge in [-0.15, -0.1) is 0 Å². The van der Waals surface area contributed by atoms with Crippen molar-refractivity contribution in [3.8, 4) is 5.88 Å². The Kier molecular flexibility index (Phi) is 2.31. The summed E-state index contributed by atoms with van der Waals surface area (Å²) in [5.41, 5.74) is 0.742. The highest BCUT2D eigenvalue weighted by atomic mass is 19.3. The van der Waals surface area contributed by atoms with E-state index in [2.05, 4.69) is 9.93 Å². The molecule has 0 atom stereocenters. The summed E-state index contributed by atoms with van der Waals surface area (Å²) in [6.07, 6.45) is 0. The van der Waals surface area contributed by atoms with Gasteiger partial charge in [-0.05, 0) is 6.07 Å². The van der Waals surface area contributed by atoms with Gasteiger partial charge in [-0.25, -0.2) is 4.98 Å². The summed E-state index contributed by atoms with van der Waals surface area (Å²) in [5.74, 6) is 0.0161. The third-order valence-corrected chi connectivity index (χ3v) is 1.57. The van der Waals surface area contributed by atoms with Crippen molar-refractivity contribution in [2.45, 2.75) is 26.2 Å². The van der Waals surface area contributed by atoms with Crippen LogP contribution in [0.5, 0.6) is 5.88 Å². The van der Waals surface area contributed by atoms with Gasteiger partial charge in [-0.1, -0.05) is 26.8 Å². The van der Waals surface area contributed by atoms with E-state index >= 15 is 0 Å². The van der Waals surface area contributed by atoms with Gasteiger partial charge in [0.2, 0.25) is 0 Å². The number of pyridine rings is 1. The molecule has 0 aromatic carbocycles. The lowest BCUT2D eigenvalue weighted by Crippen LogP contribution is -2.13. The Morgan fingerprint density at radius 3 is 2.50 bits per heavy atom. The fourth-order valence-electron chi connectivity index (χ4n) is 0.876. The summed E-state index contributed by atoms with van der Waals surface area (Å²) in [7, 11) is 0. The SMILES string of the molecule is CC(C)(C)c1cccc(OF)n1. The Morgan fingerprint density at radius 1 is 1.33 bits per heavy atom. The molecule has 0 aliphatic heterocycles. The number of hydrogen-bond donors (Lipinski definition) is 0. The van der Waals surface area contributed by atoms with Crippen LogP contribution in [0.15, 0.2) is 18.2 Å². The molecule has 0 spiro atoms. The molecule has 0 amide bonds. The van der Waals surface area contributed by atoms with E-state index in [9.17, 15) is 4.53 Å². The lowest BCUT2D eigenvalue weighted by Gasteiger charge is -2.16. The molecule has 3 heteroatoms. The lowest BCUT2D eigenvalue weighted by molar-refractivity contribution is -0.0122. The first-order valence-corrected chi connectivity index (χ1v) is 3.80. The van der Waals surface area contributed by atoms with E-state index in [4.69, 9.17) is 0 Å². The van der Waals surface area contributed by atoms with Gasteiger partial charge in [-0.2, -0.15) is 0 Å². The van der Waals surface area contributed by atoms with Crippen LogP contribution in [0.4, 0.5) is 4.53 Å². The van der Waals surface area contributed by atoms with E-state index in [1.165, 1.54) is 6.07 Å². The van der Waals surface area contributed by atoms with Gasteiger partial charge in [0.15, 0.2) is 0 Å². The third kappa shape index (κ3) is 1.94. The van der Waals surface area contributed by atoms with Gasteiger partial charge in [0.25, 0.3) is 5.88 Å². The van der Waals surface area contributed by atoms with Crippen LogP contribution in [0, 0.1) is 0 Å². The molecule has 0 saturated heterocycles. The van der Waals surface area contributed by atoms with Crippen molar-refractivity contribution in [2.75, 3.05) is 0 Å². The first-order chi connectivity index (χ1) is 5.54. The van der Waals surface area contributed by atoms with Crippen LogP contribution >= 0.6 is 0 Å². The van der Waals surface area contributed by atoms with Gasteiger partial charge in [0.05, 0.1) is 0 Å². The summed E-state index contributed by atoms with van der Waals surface area (Å²) in [6, 6.07) is 5.06. The molecule has 2 nitrogen and oxygen atoms in total. The number of aromatic nitrogens is 1. The van der Waals surface area contributed by atoms with Gasteiger partial charge in [-0.3, -0.25) is 4.94 Å². The number of halogens is 1. The molecule has 0 unspecified atom stereocenters. The zero-order valence-electron chi connectivity index (χ0n) is 7.47. The van der Waals surface area contributed by atoms with Crippen LogP contribution in [0.25, 0.3) is 0 Å². The largest absolute Gasteiger partial charge is 0.274 e. The molecule has 0 aliphatic rings. The average molecular weight is 169 g/mol. The maximum absolute atomic E-state index is 11.7. The van der Waals surface area contributed by atoms with Gasteiger partial charge in [0.1, 0.15) is 0 Å². The maximum atomic E-state index is 11.7. The summed E-state index contributed by atoms with van der Waals surface area (Å²) in [5, 5.41) is 0. The molecule has 0 bridgehead atoms. The molecule has 1 aromatic heterocycles. The summed E-state index contributed by atoms with van der Waals surface area (Å²) in [4.78, 5) is 7.50. The minimum Gasteiger partial charge on any atom is -0.274 e. The van der Waals surface area contributed by atoms with Crippen LogP contribution in [0.1, 0.15) is 26.5 Å². The van der Waals surface area contributed by atoms with E-state index < -0.39 is 0 Å². The number of nitrogens with zero attached hydrogens (tertiary/aromatic N) is 1. The highest BCUT2D eigenvalue weighted by Crippen LogP contribution is 2.21. The second-order valence-electron chi connectivity index (χ2n) is 3.69. The van der Waals surface area contributed by atoms with Crippen molar-refractivity contribution in [2.24, 2.45) is 0 Å². The Labute approximate surface area is 71.3 Å². The molecule has 1 heterocycles. The molecule has 0 saturated carbocycles. The Balaban J connectivity index is 3.02. The first-order valence-electron chi connectivity index (χ1n) is 3.80. The van der Waals surface area contributed by atoms with Crippen molar-refractivity contribution in [1.29, 1.82) is 0 Å². The van der Waals surface area contributed by atoms with E-state index in [0.717, 1.165) is 5.69 Å². The predicted octanol–water partition coefficient (Wildman–Crippen LogP) is 2.64. The third-order valence-electron chi connectivity index (χ3n) is 1.57. The normalized spacial score (nSPS) is 11.3. The summed E-state index contributed by atoms with van der Waals surface area (Å²) >= 11 is 0. The van der Waals surface area contributed by atoms with E-state index in [0.29, 0.717) is 0 Å². The zero-order valence-corrected chi connectivity index (χ0v) is 7.47. The van der Waals surface area contributed by atoms with Crippen LogP contribution in [0.2, 0.25) is 0 Å². The zero-order chi connectivity index (χ0) is 9.19. The van der Waals surface area contributed by atoms with Crippen molar-refractivity contribution < 1.29 is 9.47 Å². The predicted molar refractivity (Wildman–Crippen MR) is 44.7 cm³/mol. The first kappa shape index (κ1) is 8.97. The fourth-order valence-corrected chi connectivity index (χ4v) is 0.876. The molecule has 0 aliphatic carbocycles. The molecule has 12 heavy (non-hydrogen) atoms. The molecular formula is C9H12FNO. The van der Waals surface area contributed by atoms with Crippen LogP contribution in [-0.4, -0.2) is 4.98 Å². The monoisotopic (exact) mass is 169 g/mol. The molecule has 0 fully saturated rings. The Hall–Kier alpha value is -1.12. The van der Waals surface area contributed by atoms with Crippen LogP contribution in [-0.2, 0) is 5.41 Å². The summed E-state index contributed by atoms with van der Waals surface area (Å²) in [6.45, 7) is 6.03. The fraction of sp³-hybridized carbons (Fsp3) is 0.444. The van der Waals surface area contributed by atoms with Crippen molar-refractivity contribution in [3.63, 3.8) is 0 Å². The van der Waals surface area contributed by atoms with E-state index in [1.54, 1.807) is 6.07 Å². The second-order valence-corrected chi connectivity index (χ2v) is 3.69. The number of hydrogen-bond acceptors (Lipinski definition) is 2. The molecular weight excluding hydrogens is 157 g/mol. The van der Waals surface area contributed by atoms with Crippen molar-refractivity contribution >= 4 is 0 Å². The molecule has 0 N–H and O–H groups in total.